The van der Waals surface area contributed by atoms with Gasteiger partial charge in [0.05, 0.1) is 24.8 Å². The van der Waals surface area contributed by atoms with Gasteiger partial charge in [0.15, 0.2) is 0 Å². The number of carbonyl (C=O) groups excluding carboxylic acids is 2. The van der Waals surface area contributed by atoms with E-state index >= 15 is 0 Å². The Morgan fingerprint density at radius 3 is 2.67 bits per heavy atom. The Labute approximate surface area is 162 Å². The molecule has 2 saturated carbocycles. The monoisotopic (exact) mass is 375 g/mol. The molecule has 150 valence electrons. The fourth-order valence-electron chi connectivity index (χ4n) is 4.20. The zero-order valence-corrected chi connectivity index (χ0v) is 16.9. The number of aromatic nitrogens is 2. The number of amides is 1. The van der Waals surface area contributed by atoms with E-state index < -0.39 is 0 Å². The summed E-state index contributed by atoms with van der Waals surface area (Å²) < 4.78 is 6.98. The van der Waals surface area contributed by atoms with Crippen LogP contribution in [0.2, 0.25) is 0 Å². The number of rotatable bonds is 8. The zero-order chi connectivity index (χ0) is 19.4. The number of nitrogens with zero attached hydrogens (tertiary/aromatic N) is 3. The Morgan fingerprint density at radius 2 is 2.04 bits per heavy atom. The van der Waals surface area contributed by atoms with Gasteiger partial charge in [-0.2, -0.15) is 5.10 Å². The first-order valence-electron chi connectivity index (χ1n) is 10.4. The van der Waals surface area contributed by atoms with E-state index in [-0.39, 0.29) is 23.7 Å². The summed E-state index contributed by atoms with van der Waals surface area (Å²) in [5, 5.41) is 4.52. The summed E-state index contributed by atoms with van der Waals surface area (Å²) in [5.74, 6) is 0.791. The van der Waals surface area contributed by atoms with Crippen LogP contribution in [0.5, 0.6) is 0 Å². The molecule has 2 aliphatic carbocycles. The van der Waals surface area contributed by atoms with Crippen molar-refractivity contribution in [3.8, 4) is 0 Å². The van der Waals surface area contributed by atoms with Gasteiger partial charge < -0.3 is 9.64 Å². The van der Waals surface area contributed by atoms with E-state index in [1.54, 1.807) is 0 Å². The van der Waals surface area contributed by atoms with Crippen molar-refractivity contribution in [2.24, 2.45) is 24.8 Å². The first kappa shape index (κ1) is 19.9. The Balaban J connectivity index is 1.62. The average Bonchev–Trinajstić information content (AvgIpc) is 3.34. The van der Waals surface area contributed by atoms with Crippen LogP contribution in [0.3, 0.4) is 0 Å². The van der Waals surface area contributed by atoms with Crippen molar-refractivity contribution >= 4 is 11.9 Å². The predicted octanol–water partition coefficient (Wildman–Crippen LogP) is 3.23. The third-order valence-electron chi connectivity index (χ3n) is 6.02. The molecule has 2 atom stereocenters. The van der Waals surface area contributed by atoms with Crippen LogP contribution in [0.1, 0.15) is 63.3 Å². The van der Waals surface area contributed by atoms with E-state index in [0.29, 0.717) is 32.0 Å². The lowest BCUT2D eigenvalue weighted by molar-refractivity contribution is -0.145. The zero-order valence-electron chi connectivity index (χ0n) is 16.9. The lowest BCUT2D eigenvalue weighted by atomic mass is 9.86. The molecule has 2 unspecified atom stereocenters. The summed E-state index contributed by atoms with van der Waals surface area (Å²) in [4.78, 5) is 26.9. The molecule has 0 saturated heterocycles. The molecule has 6 heteroatoms. The highest BCUT2D eigenvalue weighted by Gasteiger charge is 2.45. The van der Waals surface area contributed by atoms with Crippen LogP contribution in [0.4, 0.5) is 0 Å². The molecule has 2 fully saturated rings. The van der Waals surface area contributed by atoms with Gasteiger partial charge >= 0.3 is 5.97 Å². The van der Waals surface area contributed by atoms with E-state index in [1.165, 1.54) is 19.3 Å². The molecular weight excluding hydrogens is 342 g/mol. The van der Waals surface area contributed by atoms with Crippen LogP contribution in [-0.4, -0.2) is 39.7 Å². The Hall–Kier alpha value is -1.85. The molecular formula is C21H33N3O3. The number of carbonyl (C=O) groups is 2. The van der Waals surface area contributed by atoms with Crippen molar-refractivity contribution in [2.75, 3.05) is 13.2 Å². The Bertz CT molecular complexity index is 644. The lowest BCUT2D eigenvalue weighted by Gasteiger charge is -2.26. The molecule has 3 rings (SSSR count). The fourth-order valence-corrected chi connectivity index (χ4v) is 4.20. The van der Waals surface area contributed by atoms with Gasteiger partial charge in [-0.1, -0.05) is 19.3 Å². The van der Waals surface area contributed by atoms with E-state index in [1.807, 2.05) is 36.5 Å². The summed E-state index contributed by atoms with van der Waals surface area (Å²) in [7, 11) is 1.92. The van der Waals surface area contributed by atoms with Crippen LogP contribution in [-0.2, 0) is 27.9 Å². The molecule has 1 aromatic heterocycles. The summed E-state index contributed by atoms with van der Waals surface area (Å²) in [6.07, 6.45) is 7.56. The number of hydrogen-bond acceptors (Lipinski definition) is 4. The van der Waals surface area contributed by atoms with Gasteiger partial charge in [0.2, 0.25) is 5.91 Å². The van der Waals surface area contributed by atoms with Gasteiger partial charge in [0.25, 0.3) is 0 Å². The minimum Gasteiger partial charge on any atom is -0.466 e. The molecule has 6 nitrogen and oxygen atoms in total. The van der Waals surface area contributed by atoms with Crippen LogP contribution >= 0.6 is 0 Å². The van der Waals surface area contributed by atoms with E-state index in [9.17, 15) is 9.59 Å². The lowest BCUT2D eigenvalue weighted by Crippen LogP contribution is -2.34. The third-order valence-corrected chi connectivity index (χ3v) is 6.02. The molecule has 1 aromatic rings. The maximum Gasteiger partial charge on any atom is 0.309 e. The Morgan fingerprint density at radius 1 is 1.30 bits per heavy atom. The van der Waals surface area contributed by atoms with E-state index in [4.69, 9.17) is 4.74 Å². The SMILES string of the molecule is CCOC(=O)C1CC1CN(Cc1cc(C)n(C)n1)C(=O)CC1CCCCC1. The molecule has 1 amide bonds. The summed E-state index contributed by atoms with van der Waals surface area (Å²) in [6, 6.07) is 2.04. The third kappa shape index (κ3) is 5.33. The molecule has 0 N–H and O–H groups in total. The molecule has 0 aliphatic heterocycles. The second-order valence-electron chi connectivity index (χ2n) is 8.24. The van der Waals surface area contributed by atoms with E-state index in [0.717, 1.165) is 30.7 Å². The highest BCUT2D eigenvalue weighted by Crippen LogP contribution is 2.40. The Kier molecular flexibility index (Phi) is 6.55. The normalized spacial score (nSPS) is 22.5. The minimum atomic E-state index is -0.115. The molecule has 0 bridgehead atoms. The first-order chi connectivity index (χ1) is 13.0. The van der Waals surface area contributed by atoms with Crippen molar-refractivity contribution in [2.45, 2.75) is 65.3 Å². The van der Waals surface area contributed by atoms with Gasteiger partial charge in [0, 0.05) is 25.7 Å². The van der Waals surface area contributed by atoms with Gasteiger partial charge in [0.1, 0.15) is 0 Å². The number of hydrogen-bond donors (Lipinski definition) is 0. The summed E-state index contributed by atoms with van der Waals surface area (Å²) >= 11 is 0. The molecule has 0 aromatic carbocycles. The largest absolute Gasteiger partial charge is 0.466 e. The van der Waals surface area contributed by atoms with E-state index in [2.05, 4.69) is 5.10 Å². The standard InChI is InChI=1S/C21H33N3O3/c1-4-27-21(26)19-12-17(19)13-24(14-18-10-15(2)23(3)22-18)20(25)11-16-8-6-5-7-9-16/h10,16-17,19H,4-9,11-14H2,1-3H3. The van der Waals surface area contributed by atoms with Crippen molar-refractivity contribution in [1.29, 1.82) is 0 Å². The summed E-state index contributed by atoms with van der Waals surface area (Å²) in [5.41, 5.74) is 2.00. The van der Waals surface area contributed by atoms with Crippen LogP contribution < -0.4 is 0 Å². The fraction of sp³-hybridized carbons (Fsp3) is 0.762. The maximum atomic E-state index is 13.0. The van der Waals surface area contributed by atoms with Crippen molar-refractivity contribution in [3.05, 3.63) is 17.5 Å². The molecule has 0 spiro atoms. The number of aryl methyl sites for hydroxylation is 2. The molecule has 1 heterocycles. The van der Waals surface area contributed by atoms with Crippen molar-refractivity contribution in [1.82, 2.24) is 14.7 Å². The van der Waals surface area contributed by atoms with Crippen LogP contribution in [0, 0.1) is 24.7 Å². The van der Waals surface area contributed by atoms with Crippen molar-refractivity contribution in [3.63, 3.8) is 0 Å². The van der Waals surface area contributed by atoms with Crippen LogP contribution in [0.25, 0.3) is 0 Å². The smallest absolute Gasteiger partial charge is 0.309 e. The second-order valence-corrected chi connectivity index (χ2v) is 8.24. The van der Waals surface area contributed by atoms with Gasteiger partial charge in [-0.3, -0.25) is 14.3 Å². The summed E-state index contributed by atoms with van der Waals surface area (Å²) in [6.45, 7) is 5.42. The van der Waals surface area contributed by atoms with Gasteiger partial charge in [-0.25, -0.2) is 0 Å². The molecule has 0 radical (unpaired) electrons. The quantitative estimate of drug-likeness (QED) is 0.655. The molecule has 2 aliphatic rings. The molecule has 27 heavy (non-hydrogen) atoms. The number of ether oxygens (including phenoxy) is 1. The average molecular weight is 376 g/mol. The number of esters is 1. The maximum absolute atomic E-state index is 13.0. The topological polar surface area (TPSA) is 64.4 Å². The first-order valence-corrected chi connectivity index (χ1v) is 10.4. The van der Waals surface area contributed by atoms with Gasteiger partial charge in [-0.15, -0.1) is 0 Å². The highest BCUT2D eigenvalue weighted by atomic mass is 16.5. The van der Waals surface area contributed by atoms with Gasteiger partial charge in [-0.05, 0) is 51.0 Å². The van der Waals surface area contributed by atoms with Crippen molar-refractivity contribution < 1.29 is 14.3 Å². The second kappa shape index (κ2) is 8.89. The minimum absolute atomic E-state index is 0.0413. The predicted molar refractivity (Wildman–Crippen MR) is 103 cm³/mol. The van der Waals surface area contributed by atoms with Crippen LogP contribution in [0.15, 0.2) is 6.07 Å². The highest BCUT2D eigenvalue weighted by molar-refractivity contribution is 5.78.